The Hall–Kier alpha value is -3.17. The maximum atomic E-state index is 13.0. The molecular formula is C27H29N5O3S. The van der Waals surface area contributed by atoms with Crippen LogP contribution >= 0.6 is 11.3 Å². The summed E-state index contributed by atoms with van der Waals surface area (Å²) in [6.07, 6.45) is 4.49. The fourth-order valence-corrected chi connectivity index (χ4v) is 6.87. The number of rotatable bonds is 4. The number of nitrogens with one attached hydrogen (secondary N) is 1. The molecule has 0 radical (unpaired) electrons. The van der Waals surface area contributed by atoms with Gasteiger partial charge in [0.15, 0.2) is 0 Å². The lowest BCUT2D eigenvalue weighted by atomic mass is 9.90. The summed E-state index contributed by atoms with van der Waals surface area (Å²) < 4.78 is 0. The number of hydrogen-bond acceptors (Lipinski definition) is 7. The number of aryl methyl sites for hydroxylation is 2. The first kappa shape index (κ1) is 23.2. The third kappa shape index (κ3) is 4.00. The summed E-state index contributed by atoms with van der Waals surface area (Å²) in [4.78, 5) is 52.4. The molecule has 2 fully saturated rings. The Balaban J connectivity index is 1.11. The van der Waals surface area contributed by atoms with Crippen LogP contribution in [0.5, 0.6) is 0 Å². The van der Waals surface area contributed by atoms with Crippen molar-refractivity contribution < 1.29 is 14.4 Å². The highest BCUT2D eigenvalue weighted by molar-refractivity contribution is 7.18. The highest BCUT2D eigenvalue weighted by atomic mass is 32.1. The summed E-state index contributed by atoms with van der Waals surface area (Å²) in [5, 5.41) is 3.61. The van der Waals surface area contributed by atoms with Crippen molar-refractivity contribution in [3.63, 3.8) is 0 Å². The number of piperidine rings is 2. The topological polar surface area (TPSA) is 95.5 Å². The molecule has 0 spiro atoms. The minimum Gasteiger partial charge on any atom is -0.322 e. The number of hydrogen-bond donors (Lipinski definition) is 1. The van der Waals surface area contributed by atoms with Crippen LogP contribution in [0.15, 0.2) is 24.5 Å². The molecule has 36 heavy (non-hydrogen) atoms. The van der Waals surface area contributed by atoms with Crippen LogP contribution in [-0.2, 0) is 22.7 Å². The maximum Gasteiger partial charge on any atom is 0.255 e. The highest BCUT2D eigenvalue weighted by Gasteiger charge is 2.39. The van der Waals surface area contributed by atoms with Crippen molar-refractivity contribution in [2.75, 3.05) is 13.1 Å². The van der Waals surface area contributed by atoms with Crippen LogP contribution in [0.3, 0.4) is 0 Å². The molecule has 3 aromatic rings. The third-order valence-corrected chi connectivity index (χ3v) is 9.08. The predicted octanol–water partition coefficient (Wildman–Crippen LogP) is 3.45. The number of amides is 3. The molecule has 6 rings (SSSR count). The minimum atomic E-state index is -0.575. The number of benzene rings is 1. The van der Waals surface area contributed by atoms with Crippen LogP contribution in [-0.4, -0.2) is 56.6 Å². The predicted molar refractivity (Wildman–Crippen MR) is 137 cm³/mol. The molecule has 1 atom stereocenters. The van der Waals surface area contributed by atoms with E-state index in [2.05, 4.69) is 35.1 Å². The SMILES string of the molecule is Cc1sc2ncnc(C3CCN(Cc4ccc5c(c4)CN(C4CCC(=O)NC4=O)C5=O)CC3)c2c1C. The van der Waals surface area contributed by atoms with Crippen molar-refractivity contribution in [2.45, 2.75) is 64.6 Å². The molecule has 1 N–H and O–H groups in total. The van der Waals surface area contributed by atoms with Gasteiger partial charge in [-0.2, -0.15) is 0 Å². The van der Waals surface area contributed by atoms with Crippen LogP contribution in [0, 0.1) is 13.8 Å². The van der Waals surface area contributed by atoms with Gasteiger partial charge in [0.25, 0.3) is 5.91 Å². The summed E-state index contributed by atoms with van der Waals surface area (Å²) in [6, 6.07) is 5.46. The summed E-state index contributed by atoms with van der Waals surface area (Å²) in [6.45, 7) is 7.58. The van der Waals surface area contributed by atoms with Crippen LogP contribution in [0.25, 0.3) is 10.2 Å². The van der Waals surface area contributed by atoms with Crippen molar-refractivity contribution in [1.82, 2.24) is 25.1 Å². The van der Waals surface area contributed by atoms with Gasteiger partial charge >= 0.3 is 0 Å². The number of imide groups is 1. The van der Waals surface area contributed by atoms with Crippen molar-refractivity contribution in [2.24, 2.45) is 0 Å². The van der Waals surface area contributed by atoms with Crippen LogP contribution in [0.2, 0.25) is 0 Å². The molecule has 2 saturated heterocycles. The van der Waals surface area contributed by atoms with E-state index in [4.69, 9.17) is 4.98 Å². The molecule has 0 saturated carbocycles. The molecule has 3 amide bonds. The van der Waals surface area contributed by atoms with E-state index in [1.807, 2.05) is 12.1 Å². The molecule has 9 heteroatoms. The Morgan fingerprint density at radius 2 is 1.89 bits per heavy atom. The first-order chi connectivity index (χ1) is 17.4. The van der Waals surface area contributed by atoms with Gasteiger partial charge in [-0.1, -0.05) is 12.1 Å². The Bertz CT molecular complexity index is 1390. The van der Waals surface area contributed by atoms with Gasteiger partial charge in [0, 0.05) is 41.3 Å². The standard InChI is InChI=1S/C27H29N5O3S/c1-15-16(2)36-26-23(15)24(28-14-29-26)18-7-9-31(10-8-18)12-17-3-4-20-19(11-17)13-32(27(20)35)21-5-6-22(33)30-25(21)34/h3-4,11,14,18,21H,5-10,12-13H2,1-2H3,(H,30,33,34). The Morgan fingerprint density at radius 3 is 2.67 bits per heavy atom. The first-order valence-corrected chi connectivity index (χ1v) is 13.4. The highest BCUT2D eigenvalue weighted by Crippen LogP contribution is 2.37. The van der Waals surface area contributed by atoms with Gasteiger partial charge < -0.3 is 4.90 Å². The van der Waals surface area contributed by atoms with Crippen molar-refractivity contribution in [3.05, 3.63) is 57.4 Å². The zero-order valence-corrected chi connectivity index (χ0v) is 21.4. The minimum absolute atomic E-state index is 0.123. The van der Waals surface area contributed by atoms with Gasteiger partial charge in [0.05, 0.1) is 5.69 Å². The molecule has 3 aliphatic rings. The van der Waals surface area contributed by atoms with Gasteiger partial charge in [-0.05, 0) is 69.0 Å². The Kier molecular flexibility index (Phi) is 5.84. The third-order valence-electron chi connectivity index (χ3n) is 7.96. The average molecular weight is 504 g/mol. The average Bonchev–Trinajstić information content (AvgIpc) is 3.35. The van der Waals surface area contributed by atoms with E-state index in [9.17, 15) is 14.4 Å². The molecule has 186 valence electrons. The largest absolute Gasteiger partial charge is 0.322 e. The molecular weight excluding hydrogens is 474 g/mol. The van der Waals surface area contributed by atoms with Crippen molar-refractivity contribution >= 4 is 39.3 Å². The summed E-state index contributed by atoms with van der Waals surface area (Å²) in [5.41, 5.74) is 5.32. The van der Waals surface area contributed by atoms with Crippen molar-refractivity contribution in [1.29, 1.82) is 0 Å². The lowest BCUT2D eigenvalue weighted by Gasteiger charge is -2.32. The molecule has 1 aromatic carbocycles. The maximum absolute atomic E-state index is 13.0. The number of carbonyl (C=O) groups excluding carboxylic acids is 3. The van der Waals surface area contributed by atoms with Crippen molar-refractivity contribution in [3.8, 4) is 0 Å². The van der Waals surface area contributed by atoms with Gasteiger partial charge in [0.2, 0.25) is 11.8 Å². The van der Waals surface area contributed by atoms with E-state index in [1.165, 1.54) is 27.1 Å². The molecule has 5 heterocycles. The number of likely N-dealkylation sites (tertiary alicyclic amines) is 1. The molecule has 2 aromatic heterocycles. The van der Waals surface area contributed by atoms with E-state index in [-0.39, 0.29) is 24.1 Å². The number of aromatic nitrogens is 2. The lowest BCUT2D eigenvalue weighted by molar-refractivity contribution is -0.136. The second-order valence-corrected chi connectivity index (χ2v) is 11.4. The fraction of sp³-hybridized carbons (Fsp3) is 0.444. The zero-order valence-electron chi connectivity index (χ0n) is 20.5. The van der Waals surface area contributed by atoms with Gasteiger partial charge in [-0.3, -0.25) is 24.6 Å². The van der Waals surface area contributed by atoms with Crippen LogP contribution in [0.4, 0.5) is 0 Å². The Morgan fingerprint density at radius 1 is 1.08 bits per heavy atom. The van der Waals surface area contributed by atoms with Crippen LogP contribution < -0.4 is 5.32 Å². The van der Waals surface area contributed by atoms with E-state index < -0.39 is 6.04 Å². The first-order valence-electron chi connectivity index (χ1n) is 12.6. The quantitative estimate of drug-likeness (QED) is 0.548. The lowest BCUT2D eigenvalue weighted by Crippen LogP contribution is -2.52. The van der Waals surface area contributed by atoms with Gasteiger partial charge in [0.1, 0.15) is 17.2 Å². The molecule has 1 unspecified atom stereocenters. The second kappa shape index (κ2) is 9.05. The van der Waals surface area contributed by atoms with Gasteiger partial charge in [-0.25, -0.2) is 9.97 Å². The molecule has 8 nitrogen and oxygen atoms in total. The summed E-state index contributed by atoms with van der Waals surface area (Å²) in [7, 11) is 0. The molecule has 3 aliphatic heterocycles. The molecule has 0 aliphatic carbocycles. The fourth-order valence-electron chi connectivity index (χ4n) is 5.87. The normalized spacial score (nSPS) is 21.3. The van der Waals surface area contributed by atoms with E-state index in [0.29, 0.717) is 24.4 Å². The monoisotopic (exact) mass is 503 g/mol. The smallest absolute Gasteiger partial charge is 0.255 e. The van der Waals surface area contributed by atoms with E-state index in [0.717, 1.165) is 42.9 Å². The summed E-state index contributed by atoms with van der Waals surface area (Å²) in [5.74, 6) is -0.318. The zero-order chi connectivity index (χ0) is 25.0. The number of thiophene rings is 1. The van der Waals surface area contributed by atoms with Gasteiger partial charge in [-0.15, -0.1) is 11.3 Å². The van der Waals surface area contributed by atoms with Crippen LogP contribution in [0.1, 0.15) is 69.2 Å². The number of nitrogens with zero attached hydrogens (tertiary/aromatic N) is 4. The summed E-state index contributed by atoms with van der Waals surface area (Å²) >= 11 is 1.75. The van der Waals surface area contributed by atoms with E-state index >= 15 is 0 Å². The van der Waals surface area contributed by atoms with E-state index in [1.54, 1.807) is 22.6 Å². The number of fused-ring (bicyclic) bond motifs is 2. The second-order valence-electron chi connectivity index (χ2n) is 10.2. The molecule has 0 bridgehead atoms. The number of carbonyl (C=O) groups is 3. The Labute approximate surface area is 213 Å².